The van der Waals surface area contributed by atoms with Gasteiger partial charge in [-0.2, -0.15) is 0 Å². The van der Waals surface area contributed by atoms with Crippen LogP contribution in [0.15, 0.2) is 36.4 Å². The Bertz CT molecular complexity index is 512. The Kier molecular flexibility index (Phi) is 5.70. The molecule has 4 heteroatoms. The van der Waals surface area contributed by atoms with Crippen LogP contribution < -0.4 is 10.1 Å². The maximum Gasteiger partial charge on any atom is 0.119 e. The Morgan fingerprint density at radius 2 is 2.16 bits per heavy atom. The van der Waals surface area contributed by atoms with E-state index < -0.39 is 0 Å². The molecule has 0 saturated carbocycles. The molecule has 102 valence electrons. The Morgan fingerprint density at radius 1 is 1.26 bits per heavy atom. The molecule has 0 spiro atoms. The van der Waals surface area contributed by atoms with Crippen LogP contribution >= 0.6 is 22.9 Å². The zero-order valence-corrected chi connectivity index (χ0v) is 12.6. The van der Waals surface area contributed by atoms with Crippen molar-refractivity contribution in [1.82, 2.24) is 5.32 Å². The third-order valence-electron chi connectivity index (χ3n) is 2.78. The molecule has 0 atom stereocenters. The van der Waals surface area contributed by atoms with Gasteiger partial charge in [0, 0.05) is 18.0 Å². The largest absolute Gasteiger partial charge is 0.492 e. The minimum absolute atomic E-state index is 0.673. The minimum Gasteiger partial charge on any atom is -0.492 e. The predicted octanol–water partition coefficient (Wildman–Crippen LogP) is 4.13. The topological polar surface area (TPSA) is 21.3 Å². The summed E-state index contributed by atoms with van der Waals surface area (Å²) in [5.74, 6) is 0.945. The van der Waals surface area contributed by atoms with Gasteiger partial charge in [0.25, 0.3) is 0 Å². The molecule has 0 fully saturated rings. The van der Waals surface area contributed by atoms with Crippen molar-refractivity contribution in [3.8, 4) is 5.75 Å². The Morgan fingerprint density at radius 3 is 2.89 bits per heavy atom. The van der Waals surface area contributed by atoms with Crippen molar-refractivity contribution >= 4 is 22.9 Å². The fraction of sp³-hybridized carbons (Fsp3) is 0.333. The molecule has 0 saturated heterocycles. The third-order valence-corrected chi connectivity index (χ3v) is 4.01. The van der Waals surface area contributed by atoms with Crippen LogP contribution in [0.4, 0.5) is 0 Å². The van der Waals surface area contributed by atoms with E-state index in [4.69, 9.17) is 16.3 Å². The van der Waals surface area contributed by atoms with Crippen molar-refractivity contribution in [1.29, 1.82) is 0 Å². The second-order valence-electron chi connectivity index (χ2n) is 4.23. The van der Waals surface area contributed by atoms with Gasteiger partial charge < -0.3 is 10.1 Å². The van der Waals surface area contributed by atoms with Crippen molar-refractivity contribution in [2.45, 2.75) is 19.9 Å². The van der Waals surface area contributed by atoms with Gasteiger partial charge in [-0.15, -0.1) is 11.3 Å². The molecule has 0 aliphatic carbocycles. The average Bonchev–Trinajstić information content (AvgIpc) is 2.84. The molecule has 2 nitrogen and oxygen atoms in total. The average molecular weight is 296 g/mol. The molecule has 1 aromatic heterocycles. The minimum atomic E-state index is 0.673. The molecule has 0 amide bonds. The predicted molar refractivity (Wildman–Crippen MR) is 82.4 cm³/mol. The third kappa shape index (κ3) is 4.86. The van der Waals surface area contributed by atoms with Crippen LogP contribution in [0.5, 0.6) is 5.75 Å². The first-order chi connectivity index (χ1) is 9.28. The van der Waals surface area contributed by atoms with E-state index in [9.17, 15) is 0 Å². The van der Waals surface area contributed by atoms with Crippen molar-refractivity contribution < 1.29 is 4.74 Å². The zero-order chi connectivity index (χ0) is 13.5. The highest BCUT2D eigenvalue weighted by Crippen LogP contribution is 2.20. The van der Waals surface area contributed by atoms with Gasteiger partial charge in [-0.25, -0.2) is 0 Å². The molecule has 1 N–H and O–H groups in total. The lowest BCUT2D eigenvalue weighted by Gasteiger charge is -2.08. The van der Waals surface area contributed by atoms with E-state index in [1.807, 2.05) is 24.3 Å². The summed E-state index contributed by atoms with van der Waals surface area (Å²) in [6.45, 7) is 4.49. The number of nitrogens with one attached hydrogen (secondary N) is 1. The fourth-order valence-electron chi connectivity index (χ4n) is 1.75. The first-order valence-corrected chi connectivity index (χ1v) is 7.64. The van der Waals surface area contributed by atoms with E-state index in [0.717, 1.165) is 29.6 Å². The maximum absolute atomic E-state index is 5.88. The Hall–Kier alpha value is -1.03. The van der Waals surface area contributed by atoms with Crippen LogP contribution in [0.2, 0.25) is 4.34 Å². The first kappa shape index (κ1) is 14.4. The number of ether oxygens (including phenoxy) is 1. The molecular weight excluding hydrogens is 278 g/mol. The lowest BCUT2D eigenvalue weighted by atomic mass is 10.2. The standard InChI is InChI=1S/C15H18ClNOS/c1-2-12-4-3-5-13(10-12)18-9-8-17-11-14-6-7-15(16)19-14/h3-7,10,17H,2,8-9,11H2,1H3. The van der Waals surface area contributed by atoms with Crippen LogP contribution in [0.1, 0.15) is 17.4 Å². The number of rotatable bonds is 7. The first-order valence-electron chi connectivity index (χ1n) is 6.44. The Labute approximate surface area is 123 Å². The molecular formula is C15H18ClNOS. The molecule has 0 bridgehead atoms. The molecule has 0 unspecified atom stereocenters. The van der Waals surface area contributed by atoms with Crippen LogP contribution in [0.25, 0.3) is 0 Å². The van der Waals surface area contributed by atoms with E-state index in [0.29, 0.717) is 6.61 Å². The number of halogens is 1. The van der Waals surface area contributed by atoms with Gasteiger partial charge in [0.05, 0.1) is 4.34 Å². The molecule has 19 heavy (non-hydrogen) atoms. The highest BCUT2D eigenvalue weighted by molar-refractivity contribution is 7.16. The van der Waals surface area contributed by atoms with E-state index in [2.05, 4.69) is 24.4 Å². The summed E-state index contributed by atoms with van der Waals surface area (Å²) in [6.07, 6.45) is 1.04. The van der Waals surface area contributed by atoms with Gasteiger partial charge in [-0.1, -0.05) is 30.7 Å². The molecule has 1 aromatic carbocycles. The second-order valence-corrected chi connectivity index (χ2v) is 6.03. The van der Waals surface area contributed by atoms with Crippen molar-refractivity contribution in [2.75, 3.05) is 13.2 Å². The fourth-order valence-corrected chi connectivity index (χ4v) is 2.81. The summed E-state index contributed by atoms with van der Waals surface area (Å²) < 4.78 is 6.54. The van der Waals surface area contributed by atoms with Crippen LogP contribution in [0.3, 0.4) is 0 Å². The Balaban J connectivity index is 1.66. The van der Waals surface area contributed by atoms with Gasteiger partial charge >= 0.3 is 0 Å². The lowest BCUT2D eigenvalue weighted by molar-refractivity contribution is 0.313. The number of aryl methyl sites for hydroxylation is 1. The van der Waals surface area contributed by atoms with E-state index in [1.165, 1.54) is 10.4 Å². The summed E-state index contributed by atoms with van der Waals surface area (Å²) in [7, 11) is 0. The lowest BCUT2D eigenvalue weighted by Crippen LogP contribution is -2.20. The summed E-state index contributed by atoms with van der Waals surface area (Å²) in [5, 5.41) is 3.34. The van der Waals surface area contributed by atoms with Gasteiger partial charge in [0.1, 0.15) is 12.4 Å². The van der Waals surface area contributed by atoms with E-state index in [-0.39, 0.29) is 0 Å². The van der Waals surface area contributed by atoms with Crippen molar-refractivity contribution in [2.24, 2.45) is 0 Å². The van der Waals surface area contributed by atoms with Gasteiger partial charge in [-0.05, 0) is 36.2 Å². The van der Waals surface area contributed by atoms with Crippen molar-refractivity contribution in [3.63, 3.8) is 0 Å². The number of hydrogen-bond donors (Lipinski definition) is 1. The van der Waals surface area contributed by atoms with Gasteiger partial charge in [-0.3, -0.25) is 0 Å². The molecule has 2 aromatic rings. The van der Waals surface area contributed by atoms with Crippen LogP contribution in [0, 0.1) is 0 Å². The normalized spacial score (nSPS) is 10.6. The smallest absolute Gasteiger partial charge is 0.119 e. The SMILES string of the molecule is CCc1cccc(OCCNCc2ccc(Cl)s2)c1. The number of hydrogen-bond acceptors (Lipinski definition) is 3. The molecule has 1 heterocycles. The summed E-state index contributed by atoms with van der Waals surface area (Å²) in [6, 6.07) is 12.2. The van der Waals surface area contributed by atoms with Crippen LogP contribution in [-0.4, -0.2) is 13.2 Å². The van der Waals surface area contributed by atoms with E-state index in [1.54, 1.807) is 11.3 Å². The van der Waals surface area contributed by atoms with Gasteiger partial charge in [0.2, 0.25) is 0 Å². The zero-order valence-electron chi connectivity index (χ0n) is 11.0. The molecule has 2 rings (SSSR count). The highest BCUT2D eigenvalue weighted by atomic mass is 35.5. The molecule has 0 aliphatic heterocycles. The van der Waals surface area contributed by atoms with E-state index >= 15 is 0 Å². The van der Waals surface area contributed by atoms with Crippen LogP contribution in [-0.2, 0) is 13.0 Å². The number of benzene rings is 1. The molecule has 0 radical (unpaired) electrons. The maximum atomic E-state index is 5.88. The number of thiophene rings is 1. The molecule has 0 aliphatic rings. The van der Waals surface area contributed by atoms with Gasteiger partial charge in [0.15, 0.2) is 0 Å². The second kappa shape index (κ2) is 7.53. The van der Waals surface area contributed by atoms with Crippen molar-refractivity contribution in [3.05, 3.63) is 51.2 Å². The summed E-state index contributed by atoms with van der Waals surface area (Å²) in [4.78, 5) is 1.25. The summed E-state index contributed by atoms with van der Waals surface area (Å²) in [5.41, 5.74) is 1.30. The highest BCUT2D eigenvalue weighted by Gasteiger charge is 1.98. The summed E-state index contributed by atoms with van der Waals surface area (Å²) >= 11 is 7.48. The monoisotopic (exact) mass is 295 g/mol. The quantitative estimate of drug-likeness (QED) is 0.776.